The summed E-state index contributed by atoms with van der Waals surface area (Å²) in [5.74, 6) is -0.992. The second-order valence-electron chi connectivity index (χ2n) is 5.44. The van der Waals surface area contributed by atoms with Crippen LogP contribution in [0.3, 0.4) is 0 Å². The second kappa shape index (κ2) is 5.56. The van der Waals surface area contributed by atoms with Crippen molar-refractivity contribution in [2.75, 3.05) is 0 Å². The second-order valence-corrected chi connectivity index (χ2v) is 5.44. The van der Waals surface area contributed by atoms with Gasteiger partial charge in [-0.25, -0.2) is 9.78 Å². The third kappa shape index (κ3) is 2.49. The summed E-state index contributed by atoms with van der Waals surface area (Å²) in [4.78, 5) is 15.6. The molecule has 1 aromatic heterocycles. The Bertz CT molecular complexity index is 673. The molecule has 1 fully saturated rings. The lowest BCUT2D eigenvalue weighted by atomic mass is 9.90. The van der Waals surface area contributed by atoms with Crippen molar-refractivity contribution < 1.29 is 9.90 Å². The normalized spacial score (nSPS) is 18.7. The minimum atomic E-state index is -0.992. The fourth-order valence-electron chi connectivity index (χ4n) is 3.03. The molecule has 1 atom stereocenters. The molecule has 1 saturated carbocycles. The molecule has 1 aromatic carbocycles. The molecular weight excluding hydrogens is 264 g/mol. The average molecular weight is 282 g/mol. The predicted molar refractivity (Wildman–Crippen MR) is 81.3 cm³/mol. The fourth-order valence-corrected chi connectivity index (χ4v) is 3.03. The third-order valence-corrected chi connectivity index (χ3v) is 4.08. The molecule has 0 amide bonds. The standard InChI is InChI=1S/C17H18N2O2/c1-12-7-5-6-10-14(12)19-11-18-15(17(20)21)16(19)13-8-3-2-4-9-13/h2-4,8-9,11,14H,1,5-7,10H2,(H,20,21). The summed E-state index contributed by atoms with van der Waals surface area (Å²) in [6.07, 6.45) is 5.94. The quantitative estimate of drug-likeness (QED) is 0.868. The summed E-state index contributed by atoms with van der Waals surface area (Å²) in [6, 6.07) is 9.73. The predicted octanol–water partition coefficient (Wildman–Crippen LogP) is 3.92. The molecule has 2 aromatic rings. The van der Waals surface area contributed by atoms with Crippen molar-refractivity contribution in [2.24, 2.45) is 0 Å². The highest BCUT2D eigenvalue weighted by Crippen LogP contribution is 2.36. The highest BCUT2D eigenvalue weighted by atomic mass is 16.4. The molecule has 4 nitrogen and oxygen atoms in total. The first-order valence-electron chi connectivity index (χ1n) is 7.21. The molecule has 3 rings (SSSR count). The zero-order chi connectivity index (χ0) is 14.8. The lowest BCUT2D eigenvalue weighted by molar-refractivity contribution is 0.0692. The van der Waals surface area contributed by atoms with Gasteiger partial charge in [0.2, 0.25) is 0 Å². The molecule has 1 heterocycles. The van der Waals surface area contributed by atoms with Crippen LogP contribution < -0.4 is 0 Å². The maximum absolute atomic E-state index is 11.5. The SMILES string of the molecule is C=C1CCCCC1n1cnc(C(=O)O)c1-c1ccccc1. The largest absolute Gasteiger partial charge is 0.476 e. The number of nitrogens with zero attached hydrogens (tertiary/aromatic N) is 2. The van der Waals surface area contributed by atoms with Gasteiger partial charge in [0.05, 0.1) is 18.1 Å². The van der Waals surface area contributed by atoms with Crippen LogP contribution in [-0.2, 0) is 0 Å². The molecule has 4 heteroatoms. The van der Waals surface area contributed by atoms with E-state index in [0.29, 0.717) is 5.69 Å². The van der Waals surface area contributed by atoms with Gasteiger partial charge in [-0.1, -0.05) is 48.9 Å². The first-order valence-corrected chi connectivity index (χ1v) is 7.21. The third-order valence-electron chi connectivity index (χ3n) is 4.08. The fraction of sp³-hybridized carbons (Fsp3) is 0.294. The van der Waals surface area contributed by atoms with Crippen LogP contribution in [-0.4, -0.2) is 20.6 Å². The molecular formula is C17H18N2O2. The number of rotatable bonds is 3. The number of benzene rings is 1. The number of hydrogen-bond acceptors (Lipinski definition) is 2. The Kier molecular flexibility index (Phi) is 3.60. The van der Waals surface area contributed by atoms with Crippen molar-refractivity contribution >= 4 is 5.97 Å². The molecule has 0 radical (unpaired) electrons. The first-order chi connectivity index (χ1) is 10.2. The van der Waals surface area contributed by atoms with Gasteiger partial charge in [0.25, 0.3) is 0 Å². The van der Waals surface area contributed by atoms with Crippen LogP contribution in [0.25, 0.3) is 11.3 Å². The Morgan fingerprint density at radius 3 is 2.71 bits per heavy atom. The van der Waals surface area contributed by atoms with E-state index in [4.69, 9.17) is 0 Å². The van der Waals surface area contributed by atoms with Gasteiger partial charge in [-0.2, -0.15) is 0 Å². The van der Waals surface area contributed by atoms with Gasteiger partial charge >= 0.3 is 5.97 Å². The molecule has 108 valence electrons. The van der Waals surface area contributed by atoms with Crippen molar-refractivity contribution in [3.63, 3.8) is 0 Å². The number of carbonyl (C=O) groups is 1. The van der Waals surface area contributed by atoms with Gasteiger partial charge in [-0.3, -0.25) is 0 Å². The highest BCUT2D eigenvalue weighted by molar-refractivity contribution is 5.93. The number of carboxylic acids is 1. The Hall–Kier alpha value is -2.36. The highest BCUT2D eigenvalue weighted by Gasteiger charge is 2.26. The molecule has 0 aliphatic heterocycles. The van der Waals surface area contributed by atoms with Crippen LogP contribution >= 0.6 is 0 Å². The number of aromatic nitrogens is 2. The summed E-state index contributed by atoms with van der Waals surface area (Å²) in [5.41, 5.74) is 2.83. The van der Waals surface area contributed by atoms with E-state index in [2.05, 4.69) is 11.6 Å². The maximum Gasteiger partial charge on any atom is 0.356 e. The van der Waals surface area contributed by atoms with E-state index in [1.165, 1.54) is 0 Å². The smallest absolute Gasteiger partial charge is 0.356 e. The van der Waals surface area contributed by atoms with Gasteiger partial charge < -0.3 is 9.67 Å². The summed E-state index contributed by atoms with van der Waals surface area (Å²) in [5, 5.41) is 9.41. The van der Waals surface area contributed by atoms with Crippen molar-refractivity contribution in [1.82, 2.24) is 9.55 Å². The minimum Gasteiger partial charge on any atom is -0.476 e. The number of imidazole rings is 1. The first kappa shape index (κ1) is 13.6. The minimum absolute atomic E-state index is 0.111. The maximum atomic E-state index is 11.5. The lowest BCUT2D eigenvalue weighted by Gasteiger charge is -2.27. The summed E-state index contributed by atoms with van der Waals surface area (Å²) >= 11 is 0. The van der Waals surface area contributed by atoms with Crippen molar-refractivity contribution in [2.45, 2.75) is 31.7 Å². The topological polar surface area (TPSA) is 55.1 Å². The van der Waals surface area contributed by atoms with E-state index in [0.717, 1.165) is 36.8 Å². The van der Waals surface area contributed by atoms with Crippen LogP contribution in [0.2, 0.25) is 0 Å². The van der Waals surface area contributed by atoms with E-state index < -0.39 is 5.97 Å². The van der Waals surface area contributed by atoms with E-state index in [-0.39, 0.29) is 11.7 Å². The number of hydrogen-bond donors (Lipinski definition) is 1. The van der Waals surface area contributed by atoms with Crippen LogP contribution in [0.4, 0.5) is 0 Å². The number of aromatic carboxylic acids is 1. The van der Waals surface area contributed by atoms with Gasteiger partial charge in [-0.05, 0) is 19.3 Å². The molecule has 0 saturated heterocycles. The van der Waals surface area contributed by atoms with E-state index >= 15 is 0 Å². The van der Waals surface area contributed by atoms with Gasteiger partial charge in [0, 0.05) is 5.56 Å². The lowest BCUT2D eigenvalue weighted by Crippen LogP contribution is -2.16. The number of carboxylic acid groups (broad SMARTS) is 1. The molecule has 1 aliphatic rings. The Morgan fingerprint density at radius 1 is 1.29 bits per heavy atom. The Balaban J connectivity index is 2.13. The van der Waals surface area contributed by atoms with Gasteiger partial charge in [0.1, 0.15) is 0 Å². The number of allylic oxidation sites excluding steroid dienone is 1. The molecule has 1 unspecified atom stereocenters. The van der Waals surface area contributed by atoms with Crippen LogP contribution in [0.1, 0.15) is 42.2 Å². The zero-order valence-corrected chi connectivity index (χ0v) is 11.8. The monoisotopic (exact) mass is 282 g/mol. The van der Waals surface area contributed by atoms with Gasteiger partial charge in [0.15, 0.2) is 5.69 Å². The van der Waals surface area contributed by atoms with Crippen molar-refractivity contribution in [3.8, 4) is 11.3 Å². The molecule has 1 N–H and O–H groups in total. The van der Waals surface area contributed by atoms with E-state index in [1.54, 1.807) is 6.33 Å². The van der Waals surface area contributed by atoms with Crippen LogP contribution in [0, 0.1) is 0 Å². The van der Waals surface area contributed by atoms with Crippen molar-refractivity contribution in [3.05, 3.63) is 54.5 Å². The molecule has 0 bridgehead atoms. The summed E-state index contributed by atoms with van der Waals surface area (Å²) in [7, 11) is 0. The molecule has 1 aliphatic carbocycles. The van der Waals surface area contributed by atoms with Crippen molar-refractivity contribution in [1.29, 1.82) is 0 Å². The average Bonchev–Trinajstić information content (AvgIpc) is 2.93. The summed E-state index contributed by atoms with van der Waals surface area (Å²) in [6.45, 7) is 4.16. The van der Waals surface area contributed by atoms with E-state index in [9.17, 15) is 9.90 Å². The Morgan fingerprint density at radius 2 is 2.05 bits per heavy atom. The van der Waals surface area contributed by atoms with Gasteiger partial charge in [-0.15, -0.1) is 0 Å². The Labute approximate surface area is 123 Å². The van der Waals surface area contributed by atoms with E-state index in [1.807, 2.05) is 34.9 Å². The van der Waals surface area contributed by atoms with Crippen LogP contribution in [0.15, 0.2) is 48.8 Å². The van der Waals surface area contributed by atoms with Crippen LogP contribution in [0.5, 0.6) is 0 Å². The molecule has 21 heavy (non-hydrogen) atoms. The molecule has 0 spiro atoms. The zero-order valence-electron chi connectivity index (χ0n) is 11.8. The summed E-state index contributed by atoms with van der Waals surface area (Å²) < 4.78 is 1.99.